The molecule has 0 radical (unpaired) electrons. The lowest BCUT2D eigenvalue weighted by molar-refractivity contribution is 1.03. The van der Waals surface area contributed by atoms with Crippen molar-refractivity contribution >= 4 is 54.6 Å². The van der Waals surface area contributed by atoms with Crippen molar-refractivity contribution in [3.05, 3.63) is 152 Å². The van der Waals surface area contributed by atoms with Crippen molar-refractivity contribution in [1.82, 2.24) is 19.5 Å². The van der Waals surface area contributed by atoms with Gasteiger partial charge in [0, 0.05) is 46.8 Å². The average Bonchev–Trinajstić information content (AvgIpc) is 3.46. The zero-order valence-corrected chi connectivity index (χ0v) is 24.6. The van der Waals surface area contributed by atoms with Crippen LogP contribution in [0.1, 0.15) is 18.4 Å². The molecule has 45 heavy (non-hydrogen) atoms. The molecule has 212 valence electrons. The summed E-state index contributed by atoms with van der Waals surface area (Å²) < 4.78 is 2.36. The van der Waals surface area contributed by atoms with Crippen LogP contribution in [0, 0.1) is 0 Å². The van der Waals surface area contributed by atoms with Crippen LogP contribution in [0.2, 0.25) is 0 Å². The summed E-state index contributed by atoms with van der Waals surface area (Å²) in [6.07, 6.45) is 14.4. The maximum absolute atomic E-state index is 4.85. The van der Waals surface area contributed by atoms with Gasteiger partial charge in [0.1, 0.15) is 0 Å². The molecule has 0 saturated carbocycles. The van der Waals surface area contributed by atoms with Crippen molar-refractivity contribution in [2.75, 3.05) is 0 Å². The molecule has 4 aromatic carbocycles. The number of nitrogens with zero attached hydrogens (tertiary/aromatic N) is 4. The normalized spacial score (nSPS) is 13.4. The molecule has 0 saturated heterocycles. The molecule has 0 aliphatic heterocycles. The van der Waals surface area contributed by atoms with Crippen molar-refractivity contribution in [2.24, 2.45) is 0 Å². The van der Waals surface area contributed by atoms with E-state index in [-0.39, 0.29) is 0 Å². The molecule has 0 fully saturated rings. The molecule has 0 bridgehead atoms. The van der Waals surface area contributed by atoms with Gasteiger partial charge in [0.2, 0.25) is 0 Å². The third kappa shape index (κ3) is 4.34. The summed E-state index contributed by atoms with van der Waals surface area (Å²) in [6.45, 7) is 0. The van der Waals surface area contributed by atoms with Crippen LogP contribution in [-0.2, 0) is 0 Å². The Morgan fingerprint density at radius 2 is 1.24 bits per heavy atom. The smallest absolute Gasteiger partial charge is 0.0886 e. The first kappa shape index (κ1) is 25.6. The summed E-state index contributed by atoms with van der Waals surface area (Å²) >= 11 is 0. The Balaban J connectivity index is 0.996. The lowest BCUT2D eigenvalue weighted by Crippen LogP contribution is -2.00. The molecule has 9 rings (SSSR count). The van der Waals surface area contributed by atoms with Gasteiger partial charge in [-0.15, -0.1) is 0 Å². The fourth-order valence-corrected chi connectivity index (χ4v) is 6.81. The standard InChI is InChI=1S/C41H28N4/c1-2-9-34-27(6-1)12-13-30-22-29(14-17-35(30)34)32-16-19-39(44-25-32)38-18-15-31(24-43-38)28-7-5-8-33(23-28)45-40-11-4-3-10-36(40)37-26-42-21-20-41(37)45/h1-4,6,8-26H,5,7H2. The Morgan fingerprint density at radius 3 is 2.09 bits per heavy atom. The lowest BCUT2D eigenvalue weighted by atomic mass is 9.96. The average molecular weight is 577 g/mol. The highest BCUT2D eigenvalue weighted by molar-refractivity contribution is 6.10. The molecule has 0 atom stereocenters. The number of hydrogen-bond acceptors (Lipinski definition) is 3. The summed E-state index contributed by atoms with van der Waals surface area (Å²) in [7, 11) is 0. The molecule has 4 heterocycles. The summed E-state index contributed by atoms with van der Waals surface area (Å²) in [6, 6.07) is 38.7. The van der Waals surface area contributed by atoms with Gasteiger partial charge in [0.15, 0.2) is 0 Å². The van der Waals surface area contributed by atoms with Crippen LogP contribution < -0.4 is 0 Å². The maximum Gasteiger partial charge on any atom is 0.0886 e. The SMILES string of the molecule is C1=C(c2ccc(-c3ccc(-c4ccc5c(ccc6ccccc65)c4)cn3)nc2)CCC=C1n1c2ccccc2c2cnccc21. The third-order valence-corrected chi connectivity index (χ3v) is 9.06. The Hall–Kier alpha value is -5.87. The van der Waals surface area contributed by atoms with Crippen molar-refractivity contribution in [3.63, 3.8) is 0 Å². The van der Waals surface area contributed by atoms with Gasteiger partial charge in [0.05, 0.1) is 22.4 Å². The molecular formula is C41H28N4. The van der Waals surface area contributed by atoms with E-state index >= 15 is 0 Å². The highest BCUT2D eigenvalue weighted by Crippen LogP contribution is 2.36. The number of benzene rings is 4. The highest BCUT2D eigenvalue weighted by atomic mass is 15.0. The monoisotopic (exact) mass is 576 g/mol. The fraction of sp³-hybridized carbons (Fsp3) is 0.0488. The molecule has 1 aliphatic rings. The van der Waals surface area contributed by atoms with E-state index in [1.165, 1.54) is 54.6 Å². The van der Waals surface area contributed by atoms with E-state index in [1.807, 2.05) is 24.8 Å². The largest absolute Gasteiger partial charge is 0.309 e. The summed E-state index contributed by atoms with van der Waals surface area (Å²) in [5, 5.41) is 7.45. The third-order valence-electron chi connectivity index (χ3n) is 9.06. The molecule has 4 heteroatoms. The fourth-order valence-electron chi connectivity index (χ4n) is 6.81. The molecule has 0 amide bonds. The summed E-state index contributed by atoms with van der Waals surface area (Å²) in [5.41, 5.74) is 10.00. The van der Waals surface area contributed by atoms with Gasteiger partial charge < -0.3 is 4.57 Å². The zero-order valence-electron chi connectivity index (χ0n) is 24.6. The summed E-state index contributed by atoms with van der Waals surface area (Å²) in [5.74, 6) is 0. The van der Waals surface area contributed by atoms with Gasteiger partial charge in [-0.05, 0) is 87.5 Å². The zero-order chi connectivity index (χ0) is 29.7. The Kier molecular flexibility index (Phi) is 5.91. The van der Waals surface area contributed by atoms with E-state index in [2.05, 4.69) is 131 Å². The number of aromatic nitrogens is 4. The van der Waals surface area contributed by atoms with E-state index in [4.69, 9.17) is 9.97 Å². The maximum atomic E-state index is 4.85. The minimum Gasteiger partial charge on any atom is -0.309 e. The van der Waals surface area contributed by atoms with Gasteiger partial charge in [-0.1, -0.05) is 84.9 Å². The first-order chi connectivity index (χ1) is 22.3. The minimum atomic E-state index is 0.870. The molecule has 0 unspecified atom stereocenters. The highest BCUT2D eigenvalue weighted by Gasteiger charge is 2.16. The second-order valence-corrected chi connectivity index (χ2v) is 11.7. The van der Waals surface area contributed by atoms with Gasteiger partial charge in [-0.2, -0.15) is 0 Å². The number of rotatable bonds is 4. The van der Waals surface area contributed by atoms with Crippen LogP contribution in [0.15, 0.2) is 146 Å². The van der Waals surface area contributed by atoms with Crippen LogP contribution in [-0.4, -0.2) is 19.5 Å². The molecular weight excluding hydrogens is 548 g/mol. The molecule has 0 spiro atoms. The number of allylic oxidation sites excluding steroid dienone is 4. The van der Waals surface area contributed by atoms with Crippen LogP contribution >= 0.6 is 0 Å². The van der Waals surface area contributed by atoms with Crippen molar-refractivity contribution in [1.29, 1.82) is 0 Å². The van der Waals surface area contributed by atoms with Gasteiger partial charge in [0.25, 0.3) is 0 Å². The topological polar surface area (TPSA) is 43.6 Å². The second-order valence-electron chi connectivity index (χ2n) is 11.7. The molecule has 4 nitrogen and oxygen atoms in total. The van der Waals surface area contributed by atoms with E-state index < -0.39 is 0 Å². The summed E-state index contributed by atoms with van der Waals surface area (Å²) in [4.78, 5) is 14.0. The van der Waals surface area contributed by atoms with E-state index in [9.17, 15) is 0 Å². The Morgan fingerprint density at radius 1 is 0.533 bits per heavy atom. The van der Waals surface area contributed by atoms with Crippen molar-refractivity contribution in [2.45, 2.75) is 12.8 Å². The Bertz CT molecular complexity index is 2410. The predicted molar refractivity (Wildman–Crippen MR) is 187 cm³/mol. The number of para-hydroxylation sites is 1. The van der Waals surface area contributed by atoms with Crippen LogP contribution in [0.3, 0.4) is 0 Å². The predicted octanol–water partition coefficient (Wildman–Crippen LogP) is 10.3. The first-order valence-electron chi connectivity index (χ1n) is 15.4. The van der Waals surface area contributed by atoms with Crippen LogP contribution in [0.5, 0.6) is 0 Å². The van der Waals surface area contributed by atoms with Gasteiger partial charge in [-0.25, -0.2) is 0 Å². The van der Waals surface area contributed by atoms with E-state index in [0.717, 1.165) is 40.9 Å². The Labute approximate surface area is 260 Å². The number of hydrogen-bond donors (Lipinski definition) is 0. The van der Waals surface area contributed by atoms with Crippen molar-refractivity contribution in [3.8, 4) is 22.5 Å². The van der Waals surface area contributed by atoms with Gasteiger partial charge >= 0.3 is 0 Å². The second kappa shape index (κ2) is 10.4. The van der Waals surface area contributed by atoms with Crippen LogP contribution in [0.4, 0.5) is 0 Å². The molecule has 1 aliphatic carbocycles. The molecule has 0 N–H and O–H groups in total. The first-order valence-corrected chi connectivity index (χ1v) is 15.4. The van der Waals surface area contributed by atoms with E-state index in [0.29, 0.717) is 0 Å². The van der Waals surface area contributed by atoms with E-state index in [1.54, 1.807) is 0 Å². The molecule has 4 aromatic heterocycles. The lowest BCUT2D eigenvalue weighted by Gasteiger charge is -2.17. The minimum absolute atomic E-state index is 0.870. The van der Waals surface area contributed by atoms with Crippen molar-refractivity contribution < 1.29 is 0 Å². The van der Waals surface area contributed by atoms with Gasteiger partial charge in [-0.3, -0.25) is 15.0 Å². The van der Waals surface area contributed by atoms with Crippen LogP contribution in [0.25, 0.3) is 77.1 Å². The quantitative estimate of drug-likeness (QED) is 0.196. The molecule has 8 aromatic rings. The number of fused-ring (bicyclic) bond motifs is 6. The number of pyridine rings is 3.